The van der Waals surface area contributed by atoms with Gasteiger partial charge < -0.3 is 4.74 Å². The lowest BCUT2D eigenvalue weighted by Gasteiger charge is -2.01. The van der Waals surface area contributed by atoms with Crippen molar-refractivity contribution in [1.82, 2.24) is 0 Å². The molecule has 0 unspecified atom stereocenters. The predicted molar refractivity (Wildman–Crippen MR) is 34.2 cm³/mol. The predicted octanol–water partition coefficient (Wildman–Crippen LogP) is 0.920. The van der Waals surface area contributed by atoms with Crippen LogP contribution in [0, 0.1) is 0 Å². The van der Waals surface area contributed by atoms with Crippen molar-refractivity contribution in [1.29, 1.82) is 0 Å². The molecule has 0 radical (unpaired) electrons. The van der Waals surface area contributed by atoms with E-state index < -0.39 is 0 Å². The monoisotopic (exact) mass is 126 g/mol. The zero-order chi connectivity index (χ0) is 6.69. The second-order valence-electron chi connectivity index (χ2n) is 2.10. The molecule has 0 aromatic heterocycles. The molecule has 0 aromatic rings. The summed E-state index contributed by atoms with van der Waals surface area (Å²) < 4.78 is 5.08. The van der Waals surface area contributed by atoms with Crippen LogP contribution in [0.25, 0.3) is 0 Å². The van der Waals surface area contributed by atoms with Crippen molar-refractivity contribution in [2.24, 2.45) is 0 Å². The maximum atomic E-state index is 10.8. The van der Waals surface area contributed by atoms with Crippen LogP contribution in [0.3, 0.4) is 0 Å². The Kier molecular flexibility index (Phi) is 2.01. The molecule has 0 saturated carbocycles. The first-order chi connectivity index (χ1) is 4.34. The minimum Gasteiger partial charge on any atom is -0.370 e. The van der Waals surface area contributed by atoms with Crippen LogP contribution in [0.5, 0.6) is 0 Å². The zero-order valence-corrected chi connectivity index (χ0v) is 5.30. The van der Waals surface area contributed by atoms with Gasteiger partial charge in [0.25, 0.3) is 0 Å². The van der Waals surface area contributed by atoms with Gasteiger partial charge in [-0.3, -0.25) is 4.79 Å². The van der Waals surface area contributed by atoms with E-state index in [1.54, 1.807) is 6.08 Å². The van der Waals surface area contributed by atoms with E-state index >= 15 is 0 Å². The van der Waals surface area contributed by atoms with Crippen molar-refractivity contribution in [3.05, 3.63) is 12.7 Å². The molecular formula is C7H10O2. The number of hydrogen-bond acceptors (Lipinski definition) is 2. The Morgan fingerprint density at radius 3 is 3.11 bits per heavy atom. The number of ether oxygens (including phenoxy) is 1. The summed E-state index contributed by atoms with van der Waals surface area (Å²) in [7, 11) is 0. The van der Waals surface area contributed by atoms with Gasteiger partial charge in [0.2, 0.25) is 0 Å². The number of ketones is 1. The highest BCUT2D eigenvalue weighted by Crippen LogP contribution is 2.11. The third-order valence-electron chi connectivity index (χ3n) is 1.41. The Hall–Kier alpha value is -0.630. The van der Waals surface area contributed by atoms with Gasteiger partial charge in [-0.1, -0.05) is 6.08 Å². The second kappa shape index (κ2) is 2.78. The topological polar surface area (TPSA) is 26.3 Å². The highest BCUT2D eigenvalue weighted by Gasteiger charge is 2.23. The first-order valence-electron chi connectivity index (χ1n) is 3.10. The molecule has 1 fully saturated rings. The largest absolute Gasteiger partial charge is 0.370 e. The van der Waals surface area contributed by atoms with Crippen molar-refractivity contribution in [2.75, 3.05) is 6.61 Å². The van der Waals surface area contributed by atoms with Crippen LogP contribution in [0.4, 0.5) is 0 Å². The van der Waals surface area contributed by atoms with Gasteiger partial charge >= 0.3 is 0 Å². The maximum absolute atomic E-state index is 10.8. The lowest BCUT2D eigenvalue weighted by Crippen LogP contribution is -2.13. The number of Topliss-reactive ketones (excluding diaryl/α,β-unsaturated/α-hetero) is 1. The van der Waals surface area contributed by atoms with E-state index in [2.05, 4.69) is 6.58 Å². The molecule has 1 saturated heterocycles. The summed E-state index contributed by atoms with van der Waals surface area (Å²) in [5.41, 5.74) is 0. The number of carbonyl (C=O) groups is 1. The Morgan fingerprint density at radius 2 is 2.67 bits per heavy atom. The fraction of sp³-hybridized carbons (Fsp3) is 0.571. The summed E-state index contributed by atoms with van der Waals surface area (Å²) >= 11 is 0. The fourth-order valence-corrected chi connectivity index (χ4v) is 0.907. The third-order valence-corrected chi connectivity index (χ3v) is 1.41. The SMILES string of the molecule is C=CC[C@H]1OCCC1=O. The van der Waals surface area contributed by atoms with E-state index in [0.717, 1.165) is 0 Å². The standard InChI is InChI=1S/C7H10O2/c1-2-3-7-6(8)4-5-9-7/h2,7H,1,3-5H2/t7-/m1/s1. The Bertz CT molecular complexity index is 129. The lowest BCUT2D eigenvalue weighted by atomic mass is 10.1. The van der Waals surface area contributed by atoms with Crippen molar-refractivity contribution in [3.63, 3.8) is 0 Å². The number of carbonyl (C=O) groups excluding carboxylic acids is 1. The van der Waals surface area contributed by atoms with Crippen molar-refractivity contribution in [2.45, 2.75) is 18.9 Å². The quantitative estimate of drug-likeness (QED) is 0.514. The van der Waals surface area contributed by atoms with Gasteiger partial charge in [-0.05, 0) is 6.42 Å². The molecule has 0 N–H and O–H groups in total. The minimum absolute atomic E-state index is 0.178. The van der Waals surface area contributed by atoms with Crippen molar-refractivity contribution >= 4 is 5.78 Å². The van der Waals surface area contributed by atoms with Crippen LogP contribution >= 0.6 is 0 Å². The van der Waals surface area contributed by atoms with Gasteiger partial charge in [-0.15, -0.1) is 6.58 Å². The molecule has 1 rings (SSSR count). The van der Waals surface area contributed by atoms with Crippen molar-refractivity contribution < 1.29 is 9.53 Å². The first-order valence-corrected chi connectivity index (χ1v) is 3.10. The molecule has 0 aliphatic carbocycles. The third kappa shape index (κ3) is 1.39. The van der Waals surface area contributed by atoms with E-state index in [4.69, 9.17) is 4.74 Å². The second-order valence-corrected chi connectivity index (χ2v) is 2.10. The Morgan fingerprint density at radius 1 is 1.89 bits per heavy atom. The van der Waals surface area contributed by atoms with Gasteiger partial charge in [-0.2, -0.15) is 0 Å². The van der Waals surface area contributed by atoms with Gasteiger partial charge in [0, 0.05) is 6.42 Å². The molecule has 1 aliphatic heterocycles. The van der Waals surface area contributed by atoms with E-state index in [1.165, 1.54) is 0 Å². The summed E-state index contributed by atoms with van der Waals surface area (Å²) in [6.45, 7) is 4.12. The molecular weight excluding hydrogens is 116 g/mol. The minimum atomic E-state index is -0.178. The fourth-order valence-electron chi connectivity index (χ4n) is 0.907. The van der Waals surface area contributed by atoms with Crippen LogP contribution in [-0.2, 0) is 9.53 Å². The van der Waals surface area contributed by atoms with Crippen LogP contribution in [-0.4, -0.2) is 18.5 Å². The van der Waals surface area contributed by atoms with E-state index in [1.807, 2.05) is 0 Å². The maximum Gasteiger partial charge on any atom is 0.164 e. The van der Waals surface area contributed by atoms with Crippen molar-refractivity contribution in [3.8, 4) is 0 Å². The molecule has 0 amide bonds. The molecule has 0 bridgehead atoms. The van der Waals surface area contributed by atoms with E-state index in [0.29, 0.717) is 19.4 Å². The molecule has 9 heavy (non-hydrogen) atoms. The number of hydrogen-bond donors (Lipinski definition) is 0. The Balaban J connectivity index is 2.39. The Labute approximate surface area is 54.5 Å². The van der Waals surface area contributed by atoms with Crippen LogP contribution < -0.4 is 0 Å². The summed E-state index contributed by atoms with van der Waals surface area (Å²) in [5.74, 6) is 0.218. The van der Waals surface area contributed by atoms with Gasteiger partial charge in [0.05, 0.1) is 6.61 Å². The van der Waals surface area contributed by atoms with Gasteiger partial charge in [0.15, 0.2) is 5.78 Å². The molecule has 0 spiro atoms. The molecule has 2 heteroatoms. The number of rotatable bonds is 2. The van der Waals surface area contributed by atoms with E-state index in [-0.39, 0.29) is 11.9 Å². The van der Waals surface area contributed by atoms with Crippen LogP contribution in [0.2, 0.25) is 0 Å². The van der Waals surface area contributed by atoms with Crippen LogP contribution in [0.1, 0.15) is 12.8 Å². The zero-order valence-electron chi connectivity index (χ0n) is 5.30. The molecule has 1 heterocycles. The molecule has 0 aromatic carbocycles. The highest BCUT2D eigenvalue weighted by molar-refractivity contribution is 5.84. The van der Waals surface area contributed by atoms with Gasteiger partial charge in [0.1, 0.15) is 6.10 Å². The smallest absolute Gasteiger partial charge is 0.164 e. The van der Waals surface area contributed by atoms with Gasteiger partial charge in [-0.25, -0.2) is 0 Å². The lowest BCUT2D eigenvalue weighted by molar-refractivity contribution is -0.122. The highest BCUT2D eigenvalue weighted by atomic mass is 16.5. The molecule has 1 atom stereocenters. The normalized spacial score (nSPS) is 26.7. The first kappa shape index (κ1) is 6.49. The summed E-state index contributed by atoms with van der Waals surface area (Å²) in [6.07, 6.45) is 2.79. The summed E-state index contributed by atoms with van der Waals surface area (Å²) in [4.78, 5) is 10.8. The average Bonchev–Trinajstić information content (AvgIpc) is 2.18. The van der Waals surface area contributed by atoms with Crippen LogP contribution in [0.15, 0.2) is 12.7 Å². The average molecular weight is 126 g/mol. The van der Waals surface area contributed by atoms with E-state index in [9.17, 15) is 4.79 Å². The summed E-state index contributed by atoms with van der Waals surface area (Å²) in [5, 5.41) is 0. The molecule has 1 aliphatic rings. The summed E-state index contributed by atoms with van der Waals surface area (Å²) in [6, 6.07) is 0. The molecule has 2 nitrogen and oxygen atoms in total. The molecule has 50 valence electrons.